The van der Waals surface area contributed by atoms with Gasteiger partial charge in [-0.3, -0.25) is 14.5 Å². The van der Waals surface area contributed by atoms with Crippen LogP contribution in [-0.4, -0.2) is 158 Å². The Balaban J connectivity index is 1.25. The van der Waals surface area contributed by atoms with E-state index in [0.717, 1.165) is 31.7 Å². The third kappa shape index (κ3) is 10.6. The van der Waals surface area contributed by atoms with Crippen LogP contribution < -0.4 is 5.32 Å². The van der Waals surface area contributed by atoms with E-state index >= 15 is 9.59 Å². The van der Waals surface area contributed by atoms with E-state index in [2.05, 4.69) is 22.2 Å². The molecule has 0 spiro atoms. The van der Waals surface area contributed by atoms with Crippen molar-refractivity contribution >= 4 is 35.8 Å². The van der Waals surface area contributed by atoms with Gasteiger partial charge >= 0.3 is 30.0 Å². The second-order valence-corrected chi connectivity index (χ2v) is 22.7. The lowest BCUT2D eigenvalue weighted by Gasteiger charge is -2.67. The molecule has 8 rings (SSSR count). The molecule has 2 bridgehead atoms. The number of carbonyl (C=O) groups excluding carboxylic acids is 6. The van der Waals surface area contributed by atoms with Gasteiger partial charge < -0.3 is 53.2 Å². The van der Waals surface area contributed by atoms with Crippen LogP contribution in [0.15, 0.2) is 96.1 Å². The number of benzene rings is 3. The van der Waals surface area contributed by atoms with Gasteiger partial charge in [0.2, 0.25) is 6.10 Å². The number of rotatable bonds is 14. The van der Waals surface area contributed by atoms with Crippen molar-refractivity contribution in [2.24, 2.45) is 16.7 Å². The number of fused-ring (bicyclic) bond motifs is 5. The van der Waals surface area contributed by atoms with Gasteiger partial charge in [0.05, 0.1) is 35.2 Å². The zero-order chi connectivity index (χ0) is 55.1. The molecule has 18 nitrogen and oxygen atoms in total. The summed E-state index contributed by atoms with van der Waals surface area (Å²) in [5, 5.41) is 16.9. The summed E-state index contributed by atoms with van der Waals surface area (Å²) in [6.45, 7) is 17.0. The Morgan fingerprint density at radius 3 is 2.03 bits per heavy atom. The fourth-order valence-electron chi connectivity index (χ4n) is 12.4. The van der Waals surface area contributed by atoms with Crippen LogP contribution in [0, 0.1) is 16.7 Å². The molecule has 2 aliphatic heterocycles. The molecule has 76 heavy (non-hydrogen) atoms. The summed E-state index contributed by atoms with van der Waals surface area (Å²) in [6, 6.07) is 22.0. The highest BCUT2D eigenvalue weighted by atomic mass is 16.6. The Morgan fingerprint density at radius 1 is 0.842 bits per heavy atom. The Labute approximate surface area is 444 Å². The topological polar surface area (TPSA) is 215 Å². The van der Waals surface area contributed by atoms with Gasteiger partial charge in [0, 0.05) is 72.1 Å². The Bertz CT molecular complexity index is 2680. The first-order valence-electron chi connectivity index (χ1n) is 25.9. The minimum Gasteiger partial charge on any atom is -0.455 e. The first kappa shape index (κ1) is 56.2. The molecular weight excluding hydrogens is 979 g/mol. The number of methoxy groups -OCH3 is 2. The monoisotopic (exact) mass is 1050 g/mol. The van der Waals surface area contributed by atoms with Gasteiger partial charge in [0.1, 0.15) is 41.7 Å². The fraction of sp³-hybridized carbons (Fsp3) is 0.552. The van der Waals surface area contributed by atoms with Gasteiger partial charge in [-0.15, -0.1) is 0 Å². The minimum atomic E-state index is -2.30. The van der Waals surface area contributed by atoms with Crippen molar-refractivity contribution in [3.63, 3.8) is 0 Å². The smallest absolute Gasteiger partial charge is 0.408 e. The van der Waals surface area contributed by atoms with E-state index in [1.807, 2.05) is 12.1 Å². The molecule has 2 saturated heterocycles. The SMILES string of the molecule is COC1C(=O)C2(C)C(OC)CC3OCC3(OC(C)=O)C2C(OC(=O)c2ccccc2)C2(O)CC(OC(=O)C(OC(=O)c3ccc(CN4CCN(C)CC4)cc3)C(NC(=O)OC(C)(C)C)c3ccccc3)C(C)=C1C2(C)C. The first-order chi connectivity index (χ1) is 35.9. The maximum absolute atomic E-state index is 15.9. The summed E-state index contributed by atoms with van der Waals surface area (Å²) in [5.41, 5.74) is -6.04. The lowest BCUT2D eigenvalue weighted by Crippen LogP contribution is -2.82. The molecule has 18 heteroatoms. The normalized spacial score (nSPS) is 30.1. The molecule has 3 aromatic rings. The van der Waals surface area contributed by atoms with Crippen molar-refractivity contribution in [1.29, 1.82) is 0 Å². The van der Waals surface area contributed by atoms with E-state index in [0.29, 0.717) is 17.7 Å². The molecule has 11 unspecified atom stereocenters. The van der Waals surface area contributed by atoms with Crippen LogP contribution in [0.1, 0.15) is 106 Å². The van der Waals surface area contributed by atoms with Crippen LogP contribution in [0.2, 0.25) is 0 Å². The molecule has 11 atom stereocenters. The maximum Gasteiger partial charge on any atom is 0.408 e. The predicted molar refractivity (Wildman–Crippen MR) is 276 cm³/mol. The van der Waals surface area contributed by atoms with Gasteiger partial charge in [-0.25, -0.2) is 19.2 Å². The minimum absolute atomic E-state index is 0.0964. The number of hydrogen-bond acceptors (Lipinski definition) is 17. The van der Waals surface area contributed by atoms with E-state index in [-0.39, 0.29) is 29.7 Å². The molecule has 2 N–H and O–H groups in total. The number of ether oxygens (including phenoxy) is 8. The average molecular weight is 1050 g/mol. The van der Waals surface area contributed by atoms with Crippen LogP contribution in [-0.2, 0) is 58.8 Å². The first-order valence-corrected chi connectivity index (χ1v) is 25.9. The molecule has 1 amide bonds. The second kappa shape index (κ2) is 21.8. The summed E-state index contributed by atoms with van der Waals surface area (Å²) >= 11 is 0. The Morgan fingerprint density at radius 2 is 1.46 bits per heavy atom. The van der Waals surface area contributed by atoms with Gasteiger partial charge in [-0.1, -0.05) is 74.5 Å². The number of alkyl carbamates (subject to hydrolysis) is 1. The zero-order valence-electron chi connectivity index (χ0n) is 45.4. The summed E-state index contributed by atoms with van der Waals surface area (Å²) in [4.78, 5) is 92.0. The van der Waals surface area contributed by atoms with Crippen LogP contribution >= 0.6 is 0 Å². The molecule has 0 aromatic heterocycles. The Kier molecular flexibility index (Phi) is 16.1. The largest absolute Gasteiger partial charge is 0.455 e. The highest BCUT2D eigenvalue weighted by Crippen LogP contribution is 2.65. The van der Waals surface area contributed by atoms with Crippen molar-refractivity contribution in [2.75, 3.05) is 54.1 Å². The maximum atomic E-state index is 15.9. The van der Waals surface area contributed by atoms with Crippen molar-refractivity contribution in [2.45, 2.75) is 134 Å². The van der Waals surface area contributed by atoms with Crippen molar-refractivity contribution in [1.82, 2.24) is 15.1 Å². The third-order valence-electron chi connectivity index (χ3n) is 16.4. The Hall–Kier alpha value is -6.02. The predicted octanol–water partition coefficient (Wildman–Crippen LogP) is 6.18. The van der Waals surface area contributed by atoms with E-state index in [9.17, 15) is 24.3 Å². The third-order valence-corrected chi connectivity index (χ3v) is 16.4. The van der Waals surface area contributed by atoms with E-state index in [4.69, 9.17) is 37.9 Å². The molecule has 0 radical (unpaired) electrons. The molecular formula is C58H73N3O15. The van der Waals surface area contributed by atoms with E-state index in [1.165, 1.54) is 21.1 Å². The number of amides is 1. The number of hydrogen-bond donors (Lipinski definition) is 2. The number of carbonyl (C=O) groups is 6. The average Bonchev–Trinajstić information content (AvgIpc) is 3.57. The number of nitrogens with zero attached hydrogens (tertiary/aromatic N) is 2. The lowest BCUT2D eigenvalue weighted by atomic mass is 9.44. The van der Waals surface area contributed by atoms with Crippen molar-refractivity contribution in [3.8, 4) is 0 Å². The number of aliphatic hydroxyl groups is 1. The molecule has 3 aliphatic carbocycles. The van der Waals surface area contributed by atoms with Crippen molar-refractivity contribution < 1.29 is 71.8 Å². The summed E-state index contributed by atoms with van der Waals surface area (Å²) in [5.74, 6) is -5.50. The summed E-state index contributed by atoms with van der Waals surface area (Å²) in [7, 11) is 4.88. The number of ketones is 1. The van der Waals surface area contributed by atoms with Crippen LogP contribution in [0.5, 0.6) is 0 Å². The number of esters is 4. The van der Waals surface area contributed by atoms with Gasteiger partial charge in [-0.05, 0) is 88.2 Å². The molecule has 2 heterocycles. The van der Waals surface area contributed by atoms with Gasteiger partial charge in [-0.2, -0.15) is 0 Å². The highest BCUT2D eigenvalue weighted by Gasteiger charge is 2.78. The van der Waals surface area contributed by atoms with Crippen molar-refractivity contribution in [3.05, 3.63) is 118 Å². The van der Waals surface area contributed by atoms with Gasteiger partial charge in [0.25, 0.3) is 0 Å². The number of Topliss-reactive ketones (excluding diaryl/α,β-unsaturated/α-hetero) is 1. The van der Waals surface area contributed by atoms with Gasteiger partial charge in [0.15, 0.2) is 11.4 Å². The van der Waals surface area contributed by atoms with Crippen LogP contribution in [0.4, 0.5) is 4.79 Å². The molecule has 2 saturated carbocycles. The zero-order valence-corrected chi connectivity index (χ0v) is 45.4. The highest BCUT2D eigenvalue weighted by molar-refractivity contribution is 5.95. The number of likely N-dealkylation sites (N-methyl/N-ethyl adjacent to an activating group) is 1. The van der Waals surface area contributed by atoms with Crippen LogP contribution in [0.3, 0.4) is 0 Å². The molecule has 5 aliphatic rings. The summed E-state index contributed by atoms with van der Waals surface area (Å²) < 4.78 is 49.7. The van der Waals surface area contributed by atoms with E-state index < -0.39 is 118 Å². The lowest BCUT2D eigenvalue weighted by molar-refractivity contribution is -0.347. The van der Waals surface area contributed by atoms with Crippen LogP contribution in [0.25, 0.3) is 0 Å². The fourth-order valence-corrected chi connectivity index (χ4v) is 12.4. The molecule has 410 valence electrons. The second-order valence-electron chi connectivity index (χ2n) is 22.7. The molecule has 4 fully saturated rings. The standard InChI is InChI=1S/C58H73N3O15/c1-34-40(72-52(66)46(44(37-18-14-12-15-19-37)59-53(67)76-54(3,4)5)73-50(64)39-24-22-36(23-25-39)32-61-28-26-60(9)27-29-61)31-58(68)49(74-51(65)38-20-16-13-17-21-38)47-56(8,48(63)45(70-11)43(34)55(58,6)7)41(69-10)30-42-57(47,33-71-42)75-35(2)62/h12-25,40-42,44-47,49,68H,26-33H2,1-11H3,(H,59,67). The van der Waals surface area contributed by atoms with E-state index in [1.54, 1.807) is 121 Å². The molecule has 3 aromatic carbocycles. The quantitative estimate of drug-likeness (QED) is 0.105. The number of piperazine rings is 1. The number of nitrogens with one attached hydrogen (secondary N) is 1. The summed E-state index contributed by atoms with van der Waals surface area (Å²) in [6.07, 6.45) is -9.61.